The highest BCUT2D eigenvalue weighted by Gasteiger charge is 2.46. The van der Waals surface area contributed by atoms with Crippen molar-refractivity contribution >= 4 is 0 Å². The second kappa shape index (κ2) is 10.6. The van der Waals surface area contributed by atoms with E-state index in [9.17, 15) is 35.7 Å². The van der Waals surface area contributed by atoms with Crippen molar-refractivity contribution in [1.82, 2.24) is 0 Å². The zero-order valence-electron chi connectivity index (χ0n) is 16.2. The number of aliphatic hydroxyl groups is 7. The minimum atomic E-state index is -1.50. The third kappa shape index (κ3) is 5.60. The summed E-state index contributed by atoms with van der Waals surface area (Å²) in [6.45, 7) is 3.69. The maximum atomic E-state index is 10.2. The summed E-state index contributed by atoms with van der Waals surface area (Å²) in [4.78, 5) is 0. The summed E-state index contributed by atoms with van der Waals surface area (Å²) in [5.74, 6) is -0.287. The Morgan fingerprint density at radius 3 is 2.11 bits per heavy atom. The lowest BCUT2D eigenvalue weighted by molar-refractivity contribution is -0.307. The monoisotopic (exact) mass is 410 g/mol. The first kappa shape index (κ1) is 23.9. The standard InChI is InChI=1S/C18H34O10/c1-8(2)3-4-26-18-17(25)16(24)14(22)11(28-18)7-27-10-5-9(6-19)12(20)15(23)13(10)21/h8-25H,3-7H2,1-2H3. The van der Waals surface area contributed by atoms with Crippen LogP contribution in [0.25, 0.3) is 0 Å². The quantitative estimate of drug-likeness (QED) is 0.224. The van der Waals surface area contributed by atoms with Crippen molar-refractivity contribution in [3.05, 3.63) is 0 Å². The molecule has 166 valence electrons. The van der Waals surface area contributed by atoms with Crippen molar-refractivity contribution in [1.29, 1.82) is 0 Å². The molecule has 0 aromatic carbocycles. The molecule has 10 nitrogen and oxygen atoms in total. The minimum absolute atomic E-state index is 0.0954. The van der Waals surface area contributed by atoms with E-state index in [2.05, 4.69) is 0 Å². The van der Waals surface area contributed by atoms with Gasteiger partial charge < -0.3 is 50.0 Å². The van der Waals surface area contributed by atoms with Gasteiger partial charge in [-0.2, -0.15) is 0 Å². The van der Waals surface area contributed by atoms with Gasteiger partial charge >= 0.3 is 0 Å². The molecule has 2 rings (SSSR count). The molecule has 0 amide bonds. The van der Waals surface area contributed by atoms with Crippen LogP contribution in [0.15, 0.2) is 0 Å². The molecule has 1 aliphatic carbocycles. The molecule has 0 aromatic heterocycles. The van der Waals surface area contributed by atoms with E-state index in [-0.39, 0.29) is 19.6 Å². The molecule has 10 unspecified atom stereocenters. The van der Waals surface area contributed by atoms with Gasteiger partial charge in [0.25, 0.3) is 0 Å². The summed E-state index contributed by atoms with van der Waals surface area (Å²) in [6.07, 6.45) is -10.8. The van der Waals surface area contributed by atoms with Crippen LogP contribution in [0.2, 0.25) is 0 Å². The van der Waals surface area contributed by atoms with Crippen LogP contribution in [0, 0.1) is 11.8 Å². The highest BCUT2D eigenvalue weighted by atomic mass is 16.7. The Morgan fingerprint density at radius 1 is 0.857 bits per heavy atom. The zero-order chi connectivity index (χ0) is 21.0. The molecule has 1 saturated heterocycles. The zero-order valence-corrected chi connectivity index (χ0v) is 16.2. The summed E-state index contributed by atoms with van der Waals surface area (Å²) in [5, 5.41) is 69.4. The lowest BCUT2D eigenvalue weighted by Gasteiger charge is -2.42. The summed E-state index contributed by atoms with van der Waals surface area (Å²) < 4.78 is 16.6. The van der Waals surface area contributed by atoms with Crippen molar-refractivity contribution in [3.63, 3.8) is 0 Å². The lowest BCUT2D eigenvalue weighted by atomic mass is 9.81. The molecular formula is C18H34O10. The van der Waals surface area contributed by atoms with Crippen LogP contribution in [0.5, 0.6) is 0 Å². The summed E-state index contributed by atoms with van der Waals surface area (Å²) in [5.41, 5.74) is 0. The molecule has 0 radical (unpaired) electrons. The highest BCUT2D eigenvalue weighted by molar-refractivity contribution is 4.94. The van der Waals surface area contributed by atoms with E-state index < -0.39 is 61.0 Å². The fraction of sp³-hybridized carbons (Fsp3) is 1.00. The van der Waals surface area contributed by atoms with Gasteiger partial charge in [0, 0.05) is 12.5 Å². The summed E-state index contributed by atoms with van der Waals surface area (Å²) in [6, 6.07) is 0. The fourth-order valence-corrected chi connectivity index (χ4v) is 3.46. The van der Waals surface area contributed by atoms with Gasteiger partial charge in [0.15, 0.2) is 6.29 Å². The Labute approximate surface area is 164 Å². The van der Waals surface area contributed by atoms with Gasteiger partial charge in [0.2, 0.25) is 0 Å². The summed E-state index contributed by atoms with van der Waals surface area (Å²) >= 11 is 0. The average Bonchev–Trinajstić information content (AvgIpc) is 2.66. The Balaban J connectivity index is 1.93. The smallest absolute Gasteiger partial charge is 0.186 e. The first-order chi connectivity index (χ1) is 13.2. The van der Waals surface area contributed by atoms with Crippen molar-refractivity contribution in [2.75, 3.05) is 19.8 Å². The van der Waals surface area contributed by atoms with Crippen LogP contribution >= 0.6 is 0 Å². The van der Waals surface area contributed by atoms with Gasteiger partial charge in [0.1, 0.15) is 36.6 Å². The SMILES string of the molecule is CC(C)CCOC1OC(COC2CC(CO)C(O)C(O)C2O)C(O)C(O)C1O. The molecule has 0 spiro atoms. The second-order valence-corrected chi connectivity index (χ2v) is 8.09. The van der Waals surface area contributed by atoms with Gasteiger partial charge in [-0.1, -0.05) is 13.8 Å². The topological polar surface area (TPSA) is 169 Å². The Bertz CT molecular complexity index is 462. The Kier molecular flexibility index (Phi) is 9.02. The molecule has 10 atom stereocenters. The molecule has 7 N–H and O–H groups in total. The maximum Gasteiger partial charge on any atom is 0.186 e. The van der Waals surface area contributed by atoms with Crippen LogP contribution in [-0.2, 0) is 14.2 Å². The van der Waals surface area contributed by atoms with Crippen molar-refractivity contribution < 1.29 is 50.0 Å². The molecule has 0 bridgehead atoms. The molecule has 1 aliphatic heterocycles. The van der Waals surface area contributed by atoms with Gasteiger partial charge in [0.05, 0.1) is 25.4 Å². The van der Waals surface area contributed by atoms with E-state index in [4.69, 9.17) is 14.2 Å². The Morgan fingerprint density at radius 2 is 1.50 bits per heavy atom. The van der Waals surface area contributed by atoms with Crippen LogP contribution in [0.1, 0.15) is 26.7 Å². The first-order valence-corrected chi connectivity index (χ1v) is 9.75. The highest BCUT2D eigenvalue weighted by Crippen LogP contribution is 2.29. The predicted molar refractivity (Wildman–Crippen MR) is 95.0 cm³/mol. The van der Waals surface area contributed by atoms with Crippen LogP contribution in [-0.4, -0.2) is 111 Å². The van der Waals surface area contributed by atoms with Crippen molar-refractivity contribution in [2.45, 2.75) is 81.8 Å². The van der Waals surface area contributed by atoms with E-state index in [1.807, 2.05) is 13.8 Å². The Hall–Kier alpha value is -0.400. The van der Waals surface area contributed by atoms with Crippen molar-refractivity contribution in [3.8, 4) is 0 Å². The van der Waals surface area contributed by atoms with Gasteiger partial charge in [-0.05, 0) is 18.8 Å². The third-order valence-corrected chi connectivity index (χ3v) is 5.45. The molecule has 2 fully saturated rings. The van der Waals surface area contributed by atoms with E-state index in [1.54, 1.807) is 0 Å². The van der Waals surface area contributed by atoms with E-state index in [1.165, 1.54) is 0 Å². The third-order valence-electron chi connectivity index (χ3n) is 5.45. The molecule has 2 aliphatic rings. The average molecular weight is 410 g/mol. The minimum Gasteiger partial charge on any atom is -0.396 e. The largest absolute Gasteiger partial charge is 0.396 e. The fourth-order valence-electron chi connectivity index (χ4n) is 3.46. The number of hydrogen-bond donors (Lipinski definition) is 7. The molecule has 0 aromatic rings. The molecule has 28 heavy (non-hydrogen) atoms. The van der Waals surface area contributed by atoms with E-state index in [0.29, 0.717) is 12.5 Å². The van der Waals surface area contributed by atoms with Gasteiger partial charge in [-0.25, -0.2) is 0 Å². The van der Waals surface area contributed by atoms with Gasteiger partial charge in [-0.15, -0.1) is 0 Å². The predicted octanol–water partition coefficient (Wildman–Crippen LogP) is -2.66. The van der Waals surface area contributed by atoms with E-state index >= 15 is 0 Å². The number of aliphatic hydroxyl groups excluding tert-OH is 7. The van der Waals surface area contributed by atoms with Gasteiger partial charge in [-0.3, -0.25) is 0 Å². The molecule has 1 heterocycles. The van der Waals surface area contributed by atoms with Crippen molar-refractivity contribution in [2.24, 2.45) is 11.8 Å². The van der Waals surface area contributed by atoms with Crippen LogP contribution in [0.4, 0.5) is 0 Å². The number of ether oxygens (including phenoxy) is 3. The number of hydrogen-bond acceptors (Lipinski definition) is 10. The van der Waals surface area contributed by atoms with Crippen LogP contribution in [0.3, 0.4) is 0 Å². The first-order valence-electron chi connectivity index (χ1n) is 9.75. The second-order valence-electron chi connectivity index (χ2n) is 8.09. The maximum absolute atomic E-state index is 10.2. The molecular weight excluding hydrogens is 376 g/mol. The molecule has 1 saturated carbocycles. The number of rotatable bonds is 8. The summed E-state index contributed by atoms with van der Waals surface area (Å²) in [7, 11) is 0. The van der Waals surface area contributed by atoms with Crippen LogP contribution < -0.4 is 0 Å². The molecule has 10 heteroatoms. The van der Waals surface area contributed by atoms with E-state index in [0.717, 1.165) is 6.42 Å². The normalized spacial score (nSPS) is 44.8. The lowest BCUT2D eigenvalue weighted by Crippen LogP contribution is -2.60.